The van der Waals surface area contributed by atoms with E-state index >= 15 is 0 Å². The zero-order valence-electron chi connectivity index (χ0n) is 13.7. The fourth-order valence-corrected chi connectivity index (χ4v) is 5.78. The van der Waals surface area contributed by atoms with Gasteiger partial charge >= 0.3 is 0 Å². The van der Waals surface area contributed by atoms with Crippen LogP contribution in [-0.4, -0.2) is 40.4 Å². The smallest absolute Gasteiger partial charge is 0.270 e. The minimum absolute atomic E-state index is 0.0334. The van der Waals surface area contributed by atoms with Crippen molar-refractivity contribution < 1.29 is 9.72 Å². The van der Waals surface area contributed by atoms with Crippen LogP contribution in [-0.2, 0) is 0 Å². The molecule has 25 heavy (non-hydrogen) atoms. The number of nitrogens with zero attached hydrogens (tertiary/aromatic N) is 2. The number of benzene rings is 1. The van der Waals surface area contributed by atoms with Crippen molar-refractivity contribution in [2.45, 2.75) is 37.3 Å². The molecule has 1 saturated carbocycles. The van der Waals surface area contributed by atoms with Gasteiger partial charge in [0.2, 0.25) is 0 Å². The molecule has 1 N–H and O–H groups in total. The average molecular weight is 357 g/mol. The molecule has 3 aliphatic heterocycles. The Bertz CT molecular complexity index is 881. The van der Waals surface area contributed by atoms with E-state index in [-0.39, 0.29) is 23.2 Å². The van der Waals surface area contributed by atoms with Gasteiger partial charge < -0.3 is 5.32 Å². The summed E-state index contributed by atoms with van der Waals surface area (Å²) in [5, 5.41) is 15.1. The molecule has 3 saturated heterocycles. The standard InChI is InChI=1S/C18H19N3O3S/c22-17(15-9-12-1-2-13(21(23)24)10-14(12)25-15)19-16-11-3-7-20(8-4-11)18(16)5-6-18/h1-2,9-11,16H,3-8H2,(H,19,22). The molecule has 1 unspecified atom stereocenters. The van der Waals surface area contributed by atoms with Gasteiger partial charge in [0.1, 0.15) is 0 Å². The summed E-state index contributed by atoms with van der Waals surface area (Å²) in [6.07, 6.45) is 4.72. The Hall–Kier alpha value is -1.99. The Morgan fingerprint density at radius 3 is 2.72 bits per heavy atom. The average Bonchev–Trinajstić information content (AvgIpc) is 3.27. The van der Waals surface area contributed by atoms with E-state index in [1.807, 2.05) is 6.07 Å². The summed E-state index contributed by atoms with van der Waals surface area (Å²) in [5.74, 6) is 0.556. The maximum Gasteiger partial charge on any atom is 0.270 e. The maximum atomic E-state index is 12.8. The molecule has 7 heteroatoms. The fraction of sp³-hybridized carbons (Fsp3) is 0.500. The van der Waals surface area contributed by atoms with Crippen LogP contribution in [0.15, 0.2) is 24.3 Å². The predicted octanol–water partition coefficient (Wildman–Crippen LogP) is 3.17. The molecule has 1 aromatic carbocycles. The Kier molecular flexibility index (Phi) is 3.21. The summed E-state index contributed by atoms with van der Waals surface area (Å²) in [5.41, 5.74) is 0.280. The van der Waals surface area contributed by atoms with Crippen molar-refractivity contribution in [3.63, 3.8) is 0 Å². The third-order valence-electron chi connectivity index (χ3n) is 6.21. The molecule has 2 bridgehead atoms. The van der Waals surface area contributed by atoms with E-state index in [0.717, 1.165) is 10.1 Å². The number of carbonyl (C=O) groups excluding carboxylic acids is 1. The number of rotatable bonds is 3. The minimum Gasteiger partial charge on any atom is -0.346 e. The number of piperidine rings is 3. The zero-order valence-corrected chi connectivity index (χ0v) is 14.6. The van der Waals surface area contributed by atoms with Gasteiger partial charge in [-0.05, 0) is 62.2 Å². The number of carbonyl (C=O) groups is 1. The number of hydrogen-bond donors (Lipinski definition) is 1. The number of amides is 1. The third kappa shape index (κ3) is 2.29. The van der Waals surface area contributed by atoms with Gasteiger partial charge in [0.05, 0.1) is 15.8 Å². The maximum absolute atomic E-state index is 12.8. The Morgan fingerprint density at radius 1 is 1.28 bits per heavy atom. The summed E-state index contributed by atoms with van der Waals surface area (Å²) in [7, 11) is 0. The number of nitro groups is 1. The van der Waals surface area contributed by atoms with Crippen LogP contribution in [0.3, 0.4) is 0 Å². The van der Waals surface area contributed by atoms with E-state index in [2.05, 4.69) is 10.2 Å². The van der Waals surface area contributed by atoms with E-state index in [0.29, 0.717) is 10.8 Å². The SMILES string of the molecule is O=C(NC1C2CCN(CC2)C12CC2)c1cc2ccc([N+](=O)[O-])cc2s1. The molecular weight excluding hydrogens is 338 g/mol. The summed E-state index contributed by atoms with van der Waals surface area (Å²) in [4.78, 5) is 26.6. The van der Waals surface area contributed by atoms with Crippen LogP contribution in [0.25, 0.3) is 10.1 Å². The molecule has 1 spiro atoms. The number of nitro benzene ring substituents is 1. The monoisotopic (exact) mass is 357 g/mol. The minimum atomic E-state index is -0.400. The van der Waals surface area contributed by atoms with Gasteiger partial charge in [-0.1, -0.05) is 0 Å². The first-order valence-electron chi connectivity index (χ1n) is 8.81. The Balaban J connectivity index is 1.41. The van der Waals surface area contributed by atoms with Crippen molar-refractivity contribution in [3.8, 4) is 0 Å². The van der Waals surface area contributed by atoms with Crippen molar-refractivity contribution in [1.82, 2.24) is 10.2 Å². The molecule has 1 aliphatic carbocycles. The number of thiophene rings is 1. The lowest BCUT2D eigenvalue weighted by atomic mass is 9.77. The second kappa shape index (κ2) is 5.25. The van der Waals surface area contributed by atoms with Crippen molar-refractivity contribution in [3.05, 3.63) is 39.3 Å². The predicted molar refractivity (Wildman–Crippen MR) is 96.0 cm³/mol. The van der Waals surface area contributed by atoms with Crippen LogP contribution >= 0.6 is 11.3 Å². The molecule has 6 nitrogen and oxygen atoms in total. The number of fused-ring (bicyclic) bond motifs is 3. The van der Waals surface area contributed by atoms with Gasteiger partial charge in [-0.15, -0.1) is 11.3 Å². The van der Waals surface area contributed by atoms with Crippen molar-refractivity contribution in [2.75, 3.05) is 13.1 Å². The third-order valence-corrected chi connectivity index (χ3v) is 7.30. The van der Waals surface area contributed by atoms with E-state index < -0.39 is 4.92 Å². The second-order valence-corrected chi connectivity index (χ2v) is 8.55. The highest BCUT2D eigenvalue weighted by atomic mass is 32.1. The summed E-state index contributed by atoms with van der Waals surface area (Å²) < 4.78 is 0.786. The molecule has 4 heterocycles. The van der Waals surface area contributed by atoms with Gasteiger partial charge in [-0.3, -0.25) is 19.8 Å². The summed E-state index contributed by atoms with van der Waals surface area (Å²) in [6.45, 7) is 2.34. The van der Waals surface area contributed by atoms with Crippen LogP contribution in [0.4, 0.5) is 5.69 Å². The first-order valence-corrected chi connectivity index (χ1v) is 9.62. The first kappa shape index (κ1) is 15.3. The highest BCUT2D eigenvalue weighted by molar-refractivity contribution is 7.20. The molecule has 0 radical (unpaired) electrons. The molecule has 1 aromatic heterocycles. The van der Waals surface area contributed by atoms with Crippen LogP contribution in [0.1, 0.15) is 35.4 Å². The molecule has 4 aliphatic rings. The lowest BCUT2D eigenvalue weighted by Crippen LogP contribution is -2.65. The Labute approximate surface area is 149 Å². The highest BCUT2D eigenvalue weighted by Gasteiger charge is 2.60. The molecule has 2 aromatic rings. The van der Waals surface area contributed by atoms with E-state index in [9.17, 15) is 14.9 Å². The van der Waals surface area contributed by atoms with Crippen LogP contribution in [0.5, 0.6) is 0 Å². The summed E-state index contributed by atoms with van der Waals surface area (Å²) >= 11 is 1.34. The number of nitrogens with one attached hydrogen (secondary N) is 1. The van der Waals surface area contributed by atoms with Crippen molar-refractivity contribution in [2.24, 2.45) is 5.92 Å². The fourth-order valence-electron chi connectivity index (χ4n) is 4.78. The zero-order chi connectivity index (χ0) is 17.2. The van der Waals surface area contributed by atoms with Gasteiger partial charge in [-0.25, -0.2) is 0 Å². The lowest BCUT2D eigenvalue weighted by Gasteiger charge is -2.52. The molecule has 6 rings (SSSR count). The second-order valence-electron chi connectivity index (χ2n) is 7.47. The number of hydrogen-bond acceptors (Lipinski definition) is 5. The van der Waals surface area contributed by atoms with Gasteiger partial charge in [0, 0.05) is 22.4 Å². The summed E-state index contributed by atoms with van der Waals surface area (Å²) in [6, 6.07) is 6.86. The quantitative estimate of drug-likeness (QED) is 0.676. The van der Waals surface area contributed by atoms with Crippen molar-refractivity contribution in [1.29, 1.82) is 0 Å². The molecule has 4 fully saturated rings. The molecule has 1 amide bonds. The molecule has 1 atom stereocenters. The van der Waals surface area contributed by atoms with Crippen LogP contribution in [0, 0.1) is 16.0 Å². The highest BCUT2D eigenvalue weighted by Crippen LogP contribution is 2.53. The normalized spacial score (nSPS) is 29.0. The van der Waals surface area contributed by atoms with Gasteiger partial charge in [0.25, 0.3) is 11.6 Å². The number of non-ortho nitro benzene ring substituents is 1. The molecule has 130 valence electrons. The Morgan fingerprint density at radius 2 is 2.04 bits per heavy atom. The van der Waals surface area contributed by atoms with E-state index in [1.165, 1.54) is 56.2 Å². The van der Waals surface area contributed by atoms with E-state index in [1.54, 1.807) is 12.1 Å². The van der Waals surface area contributed by atoms with Gasteiger partial charge in [0.15, 0.2) is 0 Å². The lowest BCUT2D eigenvalue weighted by molar-refractivity contribution is -0.384. The van der Waals surface area contributed by atoms with Crippen LogP contribution in [0.2, 0.25) is 0 Å². The van der Waals surface area contributed by atoms with Crippen LogP contribution < -0.4 is 5.32 Å². The first-order chi connectivity index (χ1) is 12.1. The largest absolute Gasteiger partial charge is 0.346 e. The van der Waals surface area contributed by atoms with Gasteiger partial charge in [-0.2, -0.15) is 0 Å². The van der Waals surface area contributed by atoms with Crippen molar-refractivity contribution >= 4 is 33.0 Å². The van der Waals surface area contributed by atoms with E-state index in [4.69, 9.17) is 0 Å². The topological polar surface area (TPSA) is 75.5 Å². The molecular formula is C18H19N3O3S.